The van der Waals surface area contributed by atoms with E-state index in [1.54, 1.807) is 18.0 Å². The molecule has 0 atom stereocenters. The summed E-state index contributed by atoms with van der Waals surface area (Å²) >= 11 is 0. The Morgan fingerprint density at radius 3 is 2.70 bits per heavy atom. The minimum absolute atomic E-state index is 0.0618. The molecule has 2 aromatic heterocycles. The number of aryl methyl sites for hydroxylation is 1. The van der Waals surface area contributed by atoms with Crippen LogP contribution in [0.3, 0.4) is 0 Å². The fourth-order valence-corrected chi connectivity index (χ4v) is 3.20. The summed E-state index contributed by atoms with van der Waals surface area (Å²) in [5.41, 5.74) is -1.49. The Balaban J connectivity index is 1.97. The van der Waals surface area contributed by atoms with Crippen LogP contribution in [0.2, 0.25) is 0 Å². The molecule has 0 spiro atoms. The molecular formula is C19H24N4O7. The smallest absolute Gasteiger partial charge is 0.341 e. The molecule has 0 radical (unpaired) electrons. The first-order valence-electron chi connectivity index (χ1n) is 9.49. The number of pyridine rings is 1. The summed E-state index contributed by atoms with van der Waals surface area (Å²) in [7, 11) is 0. The van der Waals surface area contributed by atoms with Crippen LogP contribution < -0.4 is 10.4 Å². The van der Waals surface area contributed by atoms with Gasteiger partial charge >= 0.3 is 5.97 Å². The lowest BCUT2D eigenvalue weighted by Crippen LogP contribution is -2.54. The van der Waals surface area contributed by atoms with Gasteiger partial charge in [0.2, 0.25) is 5.43 Å². The second-order valence-corrected chi connectivity index (χ2v) is 7.30. The lowest BCUT2D eigenvalue weighted by atomic mass is 10.2. The van der Waals surface area contributed by atoms with E-state index in [4.69, 9.17) is 9.26 Å². The zero-order valence-corrected chi connectivity index (χ0v) is 17.0. The highest BCUT2D eigenvalue weighted by atomic mass is 16.5. The third-order valence-electron chi connectivity index (χ3n) is 4.57. The van der Waals surface area contributed by atoms with Crippen molar-refractivity contribution in [3.8, 4) is 5.75 Å². The van der Waals surface area contributed by atoms with E-state index >= 15 is 0 Å². The standard InChI is InChI=1S/C19H24N4O7/c1-11(2)29-6-4-5-21-10-22(8-13-7-12(3)30-20-13)23-9-14(19(27)28)16(24)17(25)15(23)18(21)26/h7,9,11,25H,4-6,8,10H2,1-3H3,(H,27,28). The van der Waals surface area contributed by atoms with Crippen LogP contribution in [0.15, 0.2) is 21.6 Å². The average Bonchev–Trinajstić information content (AvgIpc) is 3.08. The third kappa shape index (κ3) is 4.30. The lowest BCUT2D eigenvalue weighted by molar-refractivity contribution is 0.0563. The molecular weight excluding hydrogens is 396 g/mol. The number of aromatic carboxylic acids is 1. The highest BCUT2D eigenvalue weighted by Crippen LogP contribution is 2.22. The van der Waals surface area contributed by atoms with Gasteiger partial charge in [-0.25, -0.2) is 4.79 Å². The van der Waals surface area contributed by atoms with Crippen molar-refractivity contribution < 1.29 is 29.1 Å². The maximum atomic E-state index is 13.0. The summed E-state index contributed by atoms with van der Waals surface area (Å²) < 4.78 is 11.8. The predicted molar refractivity (Wildman–Crippen MR) is 104 cm³/mol. The summed E-state index contributed by atoms with van der Waals surface area (Å²) in [5.74, 6) is -2.37. The van der Waals surface area contributed by atoms with Gasteiger partial charge in [-0.1, -0.05) is 5.16 Å². The Labute approximate surface area is 172 Å². The number of rotatable bonds is 8. The van der Waals surface area contributed by atoms with E-state index in [0.29, 0.717) is 31.0 Å². The van der Waals surface area contributed by atoms with Gasteiger partial charge in [0.05, 0.1) is 12.6 Å². The predicted octanol–water partition coefficient (Wildman–Crippen LogP) is 0.915. The molecule has 0 aromatic carbocycles. The SMILES string of the molecule is Cc1cc(CN2CN(CCCOC(C)C)C(=O)c3c(O)c(=O)c(C(=O)O)cn32)no1. The van der Waals surface area contributed by atoms with E-state index in [2.05, 4.69) is 5.16 Å². The van der Waals surface area contributed by atoms with Crippen LogP contribution in [-0.4, -0.2) is 62.7 Å². The number of carbonyl (C=O) groups excluding carboxylic acids is 1. The minimum atomic E-state index is -1.50. The maximum Gasteiger partial charge on any atom is 0.341 e. The fourth-order valence-electron chi connectivity index (χ4n) is 3.20. The van der Waals surface area contributed by atoms with Crippen LogP contribution in [0.4, 0.5) is 0 Å². The number of aromatic hydroxyl groups is 1. The summed E-state index contributed by atoms with van der Waals surface area (Å²) in [5, 5.41) is 25.2. The van der Waals surface area contributed by atoms with Crippen LogP contribution in [0.1, 0.15) is 52.6 Å². The van der Waals surface area contributed by atoms with Crippen molar-refractivity contribution in [2.24, 2.45) is 0 Å². The normalized spacial score (nSPS) is 13.8. The number of carbonyl (C=O) groups is 2. The Morgan fingerprint density at radius 2 is 2.10 bits per heavy atom. The molecule has 3 rings (SSSR count). The molecule has 1 amide bonds. The number of amides is 1. The van der Waals surface area contributed by atoms with Gasteiger partial charge in [0.15, 0.2) is 11.4 Å². The number of aromatic nitrogens is 2. The molecule has 0 saturated carbocycles. The zero-order chi connectivity index (χ0) is 22.0. The van der Waals surface area contributed by atoms with Crippen molar-refractivity contribution in [3.63, 3.8) is 0 Å². The number of hydrogen-bond donors (Lipinski definition) is 2. The van der Waals surface area contributed by atoms with Gasteiger partial charge in [0.1, 0.15) is 23.7 Å². The second-order valence-electron chi connectivity index (χ2n) is 7.30. The van der Waals surface area contributed by atoms with Crippen LogP contribution >= 0.6 is 0 Å². The van der Waals surface area contributed by atoms with Gasteiger partial charge in [-0.2, -0.15) is 0 Å². The van der Waals surface area contributed by atoms with Gasteiger partial charge in [0, 0.05) is 25.4 Å². The highest BCUT2D eigenvalue weighted by Gasteiger charge is 2.34. The van der Waals surface area contributed by atoms with Crippen molar-refractivity contribution in [1.82, 2.24) is 14.7 Å². The second kappa shape index (κ2) is 8.57. The van der Waals surface area contributed by atoms with Crippen molar-refractivity contribution in [1.29, 1.82) is 0 Å². The van der Waals surface area contributed by atoms with Crippen molar-refractivity contribution in [3.05, 3.63) is 45.2 Å². The minimum Gasteiger partial charge on any atom is -0.502 e. The molecule has 0 bridgehead atoms. The zero-order valence-electron chi connectivity index (χ0n) is 17.0. The number of carboxylic acids is 1. The summed E-state index contributed by atoms with van der Waals surface area (Å²) in [6.07, 6.45) is 1.66. The Bertz CT molecular complexity index is 1010. The highest BCUT2D eigenvalue weighted by molar-refractivity contribution is 5.97. The summed E-state index contributed by atoms with van der Waals surface area (Å²) in [4.78, 5) is 38.1. The third-order valence-corrected chi connectivity index (χ3v) is 4.57. The van der Waals surface area contributed by atoms with Crippen molar-refractivity contribution in [2.45, 2.75) is 39.8 Å². The lowest BCUT2D eigenvalue weighted by Gasteiger charge is -2.39. The molecule has 0 aliphatic carbocycles. The van der Waals surface area contributed by atoms with Crippen molar-refractivity contribution in [2.75, 3.05) is 24.8 Å². The molecule has 162 valence electrons. The number of carboxylic acid groups (broad SMARTS) is 1. The van der Waals surface area contributed by atoms with E-state index < -0.39 is 28.6 Å². The monoisotopic (exact) mass is 420 g/mol. The number of ether oxygens (including phenoxy) is 1. The summed E-state index contributed by atoms with van der Waals surface area (Å²) in [6, 6.07) is 1.71. The van der Waals surface area contributed by atoms with Gasteiger partial charge < -0.3 is 24.4 Å². The molecule has 0 fully saturated rings. The first-order chi connectivity index (χ1) is 14.2. The van der Waals surface area contributed by atoms with Gasteiger partial charge in [-0.15, -0.1) is 0 Å². The Hall–Kier alpha value is -3.34. The first-order valence-corrected chi connectivity index (χ1v) is 9.49. The number of nitrogens with zero attached hydrogens (tertiary/aromatic N) is 4. The average molecular weight is 420 g/mol. The van der Waals surface area contributed by atoms with Gasteiger partial charge in [-0.05, 0) is 27.2 Å². The van der Waals surface area contributed by atoms with Crippen LogP contribution in [0, 0.1) is 6.92 Å². The fraction of sp³-hybridized carbons (Fsp3) is 0.474. The number of hydrogen-bond acceptors (Lipinski definition) is 8. The molecule has 3 heterocycles. The van der Waals surface area contributed by atoms with Crippen molar-refractivity contribution >= 4 is 11.9 Å². The first kappa shape index (κ1) is 21.4. The quantitative estimate of drug-likeness (QED) is 0.597. The molecule has 0 saturated heterocycles. The van der Waals surface area contributed by atoms with E-state index in [1.165, 1.54) is 9.58 Å². The molecule has 2 N–H and O–H groups in total. The van der Waals surface area contributed by atoms with E-state index in [9.17, 15) is 24.6 Å². The molecule has 11 nitrogen and oxygen atoms in total. The Morgan fingerprint density at radius 1 is 1.37 bits per heavy atom. The topological polar surface area (TPSA) is 138 Å². The largest absolute Gasteiger partial charge is 0.502 e. The molecule has 11 heteroatoms. The van der Waals surface area contributed by atoms with Gasteiger partial charge in [-0.3, -0.25) is 19.3 Å². The van der Waals surface area contributed by atoms with Crippen LogP contribution in [0.25, 0.3) is 0 Å². The molecule has 2 aromatic rings. The summed E-state index contributed by atoms with van der Waals surface area (Å²) in [6.45, 7) is 6.59. The van der Waals surface area contributed by atoms with E-state index in [1.807, 2.05) is 13.8 Å². The molecule has 0 unspecified atom stereocenters. The maximum absolute atomic E-state index is 13.0. The number of fused-ring (bicyclic) bond motifs is 1. The molecule has 1 aliphatic rings. The van der Waals surface area contributed by atoms with Crippen LogP contribution in [0.5, 0.6) is 5.75 Å². The van der Waals surface area contributed by atoms with E-state index in [-0.39, 0.29) is 25.0 Å². The molecule has 1 aliphatic heterocycles. The molecule has 30 heavy (non-hydrogen) atoms. The van der Waals surface area contributed by atoms with E-state index in [0.717, 1.165) is 6.20 Å². The van der Waals surface area contributed by atoms with Gasteiger partial charge in [0.25, 0.3) is 5.91 Å². The van der Waals surface area contributed by atoms with Crippen LogP contribution in [-0.2, 0) is 11.3 Å². The Kier molecular flexibility index (Phi) is 6.11.